The van der Waals surface area contributed by atoms with Gasteiger partial charge >= 0.3 is 12.4 Å². The minimum atomic E-state index is -4.72. The minimum Gasteiger partial charge on any atom is -0.318 e. The highest BCUT2D eigenvalue weighted by Crippen LogP contribution is 2.35. The number of alkyl halides is 6. The largest absolute Gasteiger partial charge is 0.433 e. The van der Waals surface area contributed by atoms with Crippen LogP contribution in [-0.2, 0) is 12.4 Å². The van der Waals surface area contributed by atoms with Crippen LogP contribution in [0.3, 0.4) is 0 Å². The van der Waals surface area contributed by atoms with Gasteiger partial charge in [0.2, 0.25) is 0 Å². The summed E-state index contributed by atoms with van der Waals surface area (Å²) in [5.41, 5.74) is 2.36. The number of nitrogens with two attached hydrogens (primary N) is 1. The fraction of sp³-hybridized carbons (Fsp3) is 0.231. The molecule has 1 atom stereocenters. The molecule has 2 N–H and O–H groups in total. The van der Waals surface area contributed by atoms with Crippen molar-refractivity contribution in [2.45, 2.75) is 18.4 Å². The van der Waals surface area contributed by atoms with Crippen LogP contribution < -0.4 is 5.73 Å². The Morgan fingerprint density at radius 1 is 0.909 bits per heavy atom. The summed E-state index contributed by atoms with van der Waals surface area (Å²) < 4.78 is 76.5. The number of halogens is 6. The monoisotopic (exact) mass is 321 g/mol. The van der Waals surface area contributed by atoms with Crippen molar-refractivity contribution >= 4 is 0 Å². The Labute approximate surface area is 120 Å². The van der Waals surface area contributed by atoms with Crippen LogP contribution in [0.5, 0.6) is 0 Å². The van der Waals surface area contributed by atoms with Crippen LogP contribution in [0.15, 0.2) is 36.5 Å². The van der Waals surface area contributed by atoms with Crippen molar-refractivity contribution in [3.8, 4) is 0 Å². The lowest BCUT2D eigenvalue weighted by Crippen LogP contribution is -2.22. The number of hydrogen-bond donors (Lipinski definition) is 1. The molecule has 0 bridgehead atoms. The van der Waals surface area contributed by atoms with Gasteiger partial charge in [-0.05, 0) is 24.3 Å². The van der Waals surface area contributed by atoms with E-state index in [1.807, 2.05) is 0 Å². The molecular formula is C13H9F6N3. The van der Waals surface area contributed by atoms with E-state index in [0.29, 0.717) is 6.07 Å². The second-order valence-corrected chi connectivity index (χ2v) is 4.36. The van der Waals surface area contributed by atoms with Gasteiger partial charge in [-0.3, -0.25) is 4.98 Å². The molecular weight excluding hydrogens is 312 g/mol. The summed E-state index contributed by atoms with van der Waals surface area (Å²) in [7, 11) is 0. The van der Waals surface area contributed by atoms with Gasteiger partial charge in [0.15, 0.2) is 0 Å². The van der Waals surface area contributed by atoms with E-state index in [1.54, 1.807) is 0 Å². The Balaban J connectivity index is 2.48. The molecule has 2 rings (SSSR count). The molecule has 0 aliphatic heterocycles. The van der Waals surface area contributed by atoms with Crippen LogP contribution in [-0.4, -0.2) is 9.97 Å². The summed E-state index contributed by atoms with van der Waals surface area (Å²) in [6, 6.07) is 3.16. The third kappa shape index (κ3) is 3.35. The lowest BCUT2D eigenvalue weighted by Gasteiger charge is -2.17. The smallest absolute Gasteiger partial charge is 0.318 e. The van der Waals surface area contributed by atoms with Gasteiger partial charge in [0, 0.05) is 6.20 Å². The lowest BCUT2D eigenvalue weighted by atomic mass is 10.0. The summed E-state index contributed by atoms with van der Waals surface area (Å²) in [6.07, 6.45) is -8.35. The van der Waals surface area contributed by atoms with E-state index in [-0.39, 0.29) is 5.69 Å². The molecule has 2 aromatic rings. The number of pyridine rings is 2. The average molecular weight is 321 g/mol. The summed E-state index contributed by atoms with van der Waals surface area (Å²) in [5, 5.41) is 0. The first-order valence-electron chi connectivity index (χ1n) is 5.92. The average Bonchev–Trinajstić information content (AvgIpc) is 2.45. The molecule has 3 nitrogen and oxygen atoms in total. The topological polar surface area (TPSA) is 51.8 Å². The van der Waals surface area contributed by atoms with Gasteiger partial charge in [-0.25, -0.2) is 4.98 Å². The zero-order valence-corrected chi connectivity index (χ0v) is 10.8. The van der Waals surface area contributed by atoms with Crippen molar-refractivity contribution in [2.24, 2.45) is 5.73 Å². The van der Waals surface area contributed by atoms with E-state index in [9.17, 15) is 26.3 Å². The minimum absolute atomic E-state index is 0.348. The Hall–Kier alpha value is -2.16. The Bertz CT molecular complexity index is 665. The van der Waals surface area contributed by atoms with Crippen LogP contribution in [0.2, 0.25) is 0 Å². The molecule has 0 fully saturated rings. The lowest BCUT2D eigenvalue weighted by molar-refractivity contribution is -0.141. The molecule has 0 saturated heterocycles. The molecule has 0 aliphatic rings. The second kappa shape index (κ2) is 5.56. The van der Waals surface area contributed by atoms with E-state index < -0.39 is 35.3 Å². The van der Waals surface area contributed by atoms with Crippen molar-refractivity contribution in [2.75, 3.05) is 0 Å². The summed E-state index contributed by atoms with van der Waals surface area (Å²) in [5.74, 6) is 0. The SMILES string of the molecule is NC(c1cccc(C(F)(F)F)n1)c1ncccc1C(F)(F)F. The van der Waals surface area contributed by atoms with Crippen molar-refractivity contribution in [1.82, 2.24) is 9.97 Å². The second-order valence-electron chi connectivity index (χ2n) is 4.36. The number of rotatable bonds is 2. The maximum absolute atomic E-state index is 12.9. The summed E-state index contributed by atoms with van der Waals surface area (Å²) in [6.45, 7) is 0. The molecule has 0 amide bonds. The molecule has 0 spiro atoms. The molecule has 9 heteroatoms. The molecule has 118 valence electrons. The molecule has 22 heavy (non-hydrogen) atoms. The first-order valence-corrected chi connectivity index (χ1v) is 5.92. The fourth-order valence-electron chi connectivity index (χ4n) is 1.83. The third-order valence-corrected chi connectivity index (χ3v) is 2.82. The van der Waals surface area contributed by atoms with Gasteiger partial charge in [-0.15, -0.1) is 0 Å². The van der Waals surface area contributed by atoms with E-state index in [4.69, 9.17) is 5.73 Å². The predicted octanol–water partition coefficient (Wildman–Crippen LogP) is 3.56. The van der Waals surface area contributed by atoms with Crippen LogP contribution in [0.1, 0.15) is 28.7 Å². The highest BCUT2D eigenvalue weighted by Gasteiger charge is 2.37. The fourth-order valence-corrected chi connectivity index (χ4v) is 1.83. The van der Waals surface area contributed by atoms with Gasteiger partial charge < -0.3 is 5.73 Å². The maximum atomic E-state index is 12.9. The Morgan fingerprint density at radius 2 is 1.59 bits per heavy atom. The highest BCUT2D eigenvalue weighted by atomic mass is 19.4. The molecule has 0 saturated carbocycles. The third-order valence-electron chi connectivity index (χ3n) is 2.82. The quantitative estimate of drug-likeness (QED) is 0.861. The van der Waals surface area contributed by atoms with Crippen molar-refractivity contribution in [3.05, 3.63) is 59.2 Å². The number of nitrogens with zero attached hydrogens (tertiary/aromatic N) is 2. The normalized spacial score (nSPS) is 14.0. The van der Waals surface area contributed by atoms with Crippen molar-refractivity contribution in [3.63, 3.8) is 0 Å². The summed E-state index contributed by atoms with van der Waals surface area (Å²) in [4.78, 5) is 6.83. The van der Waals surface area contributed by atoms with Crippen LogP contribution in [0, 0.1) is 0 Å². The van der Waals surface area contributed by atoms with Gasteiger partial charge in [0.05, 0.1) is 23.0 Å². The molecule has 0 aromatic carbocycles. The van der Waals surface area contributed by atoms with E-state index in [2.05, 4.69) is 9.97 Å². The van der Waals surface area contributed by atoms with E-state index in [0.717, 1.165) is 30.5 Å². The highest BCUT2D eigenvalue weighted by molar-refractivity contribution is 5.31. The first-order chi connectivity index (χ1) is 10.1. The van der Waals surface area contributed by atoms with E-state index in [1.165, 1.54) is 0 Å². The Morgan fingerprint density at radius 3 is 2.18 bits per heavy atom. The molecule has 2 aromatic heterocycles. The molecule has 0 radical (unpaired) electrons. The van der Waals surface area contributed by atoms with Crippen LogP contribution >= 0.6 is 0 Å². The van der Waals surface area contributed by atoms with Crippen molar-refractivity contribution < 1.29 is 26.3 Å². The van der Waals surface area contributed by atoms with Crippen molar-refractivity contribution in [1.29, 1.82) is 0 Å². The van der Waals surface area contributed by atoms with Gasteiger partial charge in [0.1, 0.15) is 5.69 Å². The Kier molecular flexibility index (Phi) is 4.10. The van der Waals surface area contributed by atoms with Crippen LogP contribution in [0.25, 0.3) is 0 Å². The maximum Gasteiger partial charge on any atom is 0.433 e. The number of aromatic nitrogens is 2. The zero-order valence-electron chi connectivity index (χ0n) is 10.8. The van der Waals surface area contributed by atoms with Gasteiger partial charge in [-0.2, -0.15) is 26.3 Å². The zero-order chi connectivity index (χ0) is 16.5. The first kappa shape index (κ1) is 16.2. The molecule has 0 aliphatic carbocycles. The summed E-state index contributed by atoms with van der Waals surface area (Å²) >= 11 is 0. The molecule has 2 heterocycles. The van der Waals surface area contributed by atoms with Gasteiger partial charge in [-0.1, -0.05) is 6.07 Å². The number of hydrogen-bond acceptors (Lipinski definition) is 3. The van der Waals surface area contributed by atoms with Gasteiger partial charge in [0.25, 0.3) is 0 Å². The standard InChI is InChI=1S/C13H9F6N3/c14-12(15,16)7-3-2-6-21-11(7)10(20)8-4-1-5-9(22-8)13(17,18)19/h1-6,10H,20H2. The van der Waals surface area contributed by atoms with Crippen LogP contribution in [0.4, 0.5) is 26.3 Å². The van der Waals surface area contributed by atoms with E-state index >= 15 is 0 Å². The molecule has 1 unspecified atom stereocenters. The predicted molar refractivity (Wildman–Crippen MR) is 64.5 cm³/mol.